The molecule has 0 aromatic carbocycles. The van der Waals surface area contributed by atoms with E-state index in [1.807, 2.05) is 0 Å². The number of hydrogen-bond acceptors (Lipinski definition) is 3. The molecule has 0 aliphatic heterocycles. The molecule has 0 heterocycles. The Balaban J connectivity index is 3.20. The van der Waals surface area contributed by atoms with Gasteiger partial charge >= 0.3 is 7.12 Å². The van der Waals surface area contributed by atoms with E-state index in [-0.39, 0.29) is 6.04 Å². The van der Waals surface area contributed by atoms with Gasteiger partial charge in [0.2, 0.25) is 0 Å². The number of rotatable bonds is 6. The molecule has 0 saturated heterocycles. The lowest BCUT2D eigenvalue weighted by Gasteiger charge is -2.14. The zero-order valence-corrected chi connectivity index (χ0v) is 8.03. The fraction of sp³-hybridized carbons (Fsp3) is 1.00. The van der Waals surface area contributed by atoms with Crippen LogP contribution in [0.2, 0.25) is 6.32 Å². The third-order valence-corrected chi connectivity index (χ3v) is 2.11. The van der Waals surface area contributed by atoms with Crippen molar-refractivity contribution < 1.29 is 10.0 Å². The van der Waals surface area contributed by atoms with Crippen molar-refractivity contribution in [3.8, 4) is 0 Å². The molecular weight excluding hydrogens is 153 g/mol. The van der Waals surface area contributed by atoms with Crippen LogP contribution in [0.25, 0.3) is 0 Å². The smallest absolute Gasteiger partial charge is 0.427 e. The molecule has 4 N–H and O–H groups in total. The lowest BCUT2D eigenvalue weighted by molar-refractivity contribution is 0.397. The molecule has 0 spiro atoms. The second kappa shape index (κ2) is 6.46. The van der Waals surface area contributed by atoms with E-state index in [4.69, 9.17) is 15.8 Å². The summed E-state index contributed by atoms with van der Waals surface area (Å²) < 4.78 is 0. The fourth-order valence-electron chi connectivity index (χ4n) is 1.04. The summed E-state index contributed by atoms with van der Waals surface area (Å²) in [5.74, 6) is 0.518. The van der Waals surface area contributed by atoms with Gasteiger partial charge in [0.1, 0.15) is 0 Å². The number of hydrogen-bond donors (Lipinski definition) is 3. The third kappa shape index (κ3) is 6.64. The number of unbranched alkanes of at least 4 members (excludes halogenated alkanes) is 1. The van der Waals surface area contributed by atoms with E-state index in [9.17, 15) is 0 Å². The summed E-state index contributed by atoms with van der Waals surface area (Å²) >= 11 is 0. The van der Waals surface area contributed by atoms with Gasteiger partial charge in [-0.1, -0.05) is 26.7 Å². The van der Waals surface area contributed by atoms with Crippen LogP contribution in [0.5, 0.6) is 0 Å². The maximum absolute atomic E-state index is 8.55. The highest BCUT2D eigenvalue weighted by molar-refractivity contribution is 6.40. The summed E-state index contributed by atoms with van der Waals surface area (Å²) in [6, 6.07) is 0.251. The molecule has 1 unspecified atom stereocenters. The topological polar surface area (TPSA) is 66.5 Å². The first-order chi connectivity index (χ1) is 5.54. The predicted octanol–water partition coefficient (Wildman–Crippen LogP) is 0.613. The van der Waals surface area contributed by atoms with Crippen molar-refractivity contribution in [2.24, 2.45) is 11.7 Å². The van der Waals surface area contributed by atoms with E-state index >= 15 is 0 Å². The minimum absolute atomic E-state index is 0.251. The standard InChI is InChI=1S/C8H20BNO2/c1-7(2)8(10)5-3-4-6-9(11)12/h7-8,11-12H,3-6,10H2,1-2H3. The largest absolute Gasteiger partial charge is 0.451 e. The second-order valence-electron chi connectivity index (χ2n) is 3.67. The van der Waals surface area contributed by atoms with Crippen molar-refractivity contribution in [3.05, 3.63) is 0 Å². The summed E-state index contributed by atoms with van der Waals surface area (Å²) in [6.07, 6.45) is 3.27. The lowest BCUT2D eigenvalue weighted by Crippen LogP contribution is -2.26. The van der Waals surface area contributed by atoms with Crippen molar-refractivity contribution in [2.75, 3.05) is 0 Å². The molecule has 0 aliphatic rings. The first kappa shape index (κ1) is 11.9. The van der Waals surface area contributed by atoms with Crippen LogP contribution in [0.3, 0.4) is 0 Å². The van der Waals surface area contributed by atoms with E-state index < -0.39 is 7.12 Å². The lowest BCUT2D eigenvalue weighted by atomic mass is 9.83. The monoisotopic (exact) mass is 173 g/mol. The molecule has 0 aromatic heterocycles. The molecule has 72 valence electrons. The maximum Gasteiger partial charge on any atom is 0.451 e. The highest BCUT2D eigenvalue weighted by Crippen LogP contribution is 2.09. The zero-order valence-electron chi connectivity index (χ0n) is 8.03. The van der Waals surface area contributed by atoms with E-state index in [1.54, 1.807) is 0 Å². The van der Waals surface area contributed by atoms with Gasteiger partial charge in [0, 0.05) is 6.04 Å². The van der Waals surface area contributed by atoms with Crippen molar-refractivity contribution in [3.63, 3.8) is 0 Å². The van der Waals surface area contributed by atoms with Crippen LogP contribution >= 0.6 is 0 Å². The van der Waals surface area contributed by atoms with Gasteiger partial charge in [-0.3, -0.25) is 0 Å². The van der Waals surface area contributed by atoms with Crippen LogP contribution in [-0.2, 0) is 0 Å². The molecule has 0 saturated carbocycles. The Bertz CT molecular complexity index is 109. The average molecular weight is 173 g/mol. The molecule has 0 fully saturated rings. The van der Waals surface area contributed by atoms with Crippen LogP contribution in [0.4, 0.5) is 0 Å². The van der Waals surface area contributed by atoms with Crippen molar-refractivity contribution in [1.82, 2.24) is 0 Å². The van der Waals surface area contributed by atoms with Gasteiger partial charge in [0.25, 0.3) is 0 Å². The zero-order chi connectivity index (χ0) is 9.56. The summed E-state index contributed by atoms with van der Waals surface area (Å²) in [4.78, 5) is 0. The number of nitrogens with two attached hydrogens (primary N) is 1. The van der Waals surface area contributed by atoms with Crippen LogP contribution in [0.1, 0.15) is 33.1 Å². The molecule has 12 heavy (non-hydrogen) atoms. The molecule has 0 amide bonds. The Labute approximate surface area is 75.1 Å². The minimum atomic E-state index is -1.15. The van der Waals surface area contributed by atoms with Crippen LogP contribution in [0.15, 0.2) is 0 Å². The van der Waals surface area contributed by atoms with Crippen LogP contribution in [-0.4, -0.2) is 23.2 Å². The first-order valence-electron chi connectivity index (χ1n) is 4.65. The highest BCUT2D eigenvalue weighted by Gasteiger charge is 2.09. The molecule has 3 nitrogen and oxygen atoms in total. The summed E-state index contributed by atoms with van der Waals surface area (Å²) in [6.45, 7) is 4.21. The molecule has 0 radical (unpaired) electrons. The molecule has 0 rings (SSSR count). The first-order valence-corrected chi connectivity index (χ1v) is 4.65. The minimum Gasteiger partial charge on any atom is -0.427 e. The summed E-state index contributed by atoms with van der Waals surface area (Å²) in [5, 5.41) is 17.1. The van der Waals surface area contributed by atoms with Gasteiger partial charge < -0.3 is 15.8 Å². The van der Waals surface area contributed by atoms with Gasteiger partial charge in [0.15, 0.2) is 0 Å². The van der Waals surface area contributed by atoms with Gasteiger partial charge in [0.05, 0.1) is 0 Å². The molecule has 1 atom stereocenters. The van der Waals surface area contributed by atoms with E-state index in [1.165, 1.54) is 0 Å². The molecule has 4 heteroatoms. The van der Waals surface area contributed by atoms with Gasteiger partial charge in [-0.2, -0.15) is 0 Å². The Morgan fingerprint density at radius 1 is 1.25 bits per heavy atom. The van der Waals surface area contributed by atoms with Gasteiger partial charge in [-0.15, -0.1) is 0 Å². The van der Waals surface area contributed by atoms with Gasteiger partial charge in [-0.25, -0.2) is 0 Å². The van der Waals surface area contributed by atoms with E-state index in [0.717, 1.165) is 19.3 Å². The molecular formula is C8H20BNO2. The Hall–Kier alpha value is -0.0551. The van der Waals surface area contributed by atoms with Gasteiger partial charge in [-0.05, 0) is 18.7 Å². The Morgan fingerprint density at radius 2 is 1.83 bits per heavy atom. The SMILES string of the molecule is CC(C)C(N)CCCCB(O)O. The van der Waals surface area contributed by atoms with E-state index in [2.05, 4.69) is 13.8 Å². The van der Waals surface area contributed by atoms with Crippen molar-refractivity contribution >= 4 is 7.12 Å². The molecule has 0 aromatic rings. The Kier molecular flexibility index (Phi) is 6.43. The van der Waals surface area contributed by atoms with E-state index in [0.29, 0.717) is 12.2 Å². The summed E-state index contributed by atoms with van der Waals surface area (Å²) in [7, 11) is -1.15. The summed E-state index contributed by atoms with van der Waals surface area (Å²) in [5.41, 5.74) is 5.81. The van der Waals surface area contributed by atoms with Crippen LogP contribution < -0.4 is 5.73 Å². The maximum atomic E-state index is 8.55. The molecule has 0 bridgehead atoms. The quantitative estimate of drug-likeness (QED) is 0.407. The second-order valence-corrected chi connectivity index (χ2v) is 3.67. The normalized spacial score (nSPS) is 13.5. The predicted molar refractivity (Wildman–Crippen MR) is 51.7 cm³/mol. The third-order valence-electron chi connectivity index (χ3n) is 2.11. The van der Waals surface area contributed by atoms with Crippen molar-refractivity contribution in [1.29, 1.82) is 0 Å². The molecule has 0 aliphatic carbocycles. The highest BCUT2D eigenvalue weighted by atomic mass is 16.4. The average Bonchev–Trinajstić information content (AvgIpc) is 1.97. The van der Waals surface area contributed by atoms with Crippen molar-refractivity contribution in [2.45, 2.75) is 45.5 Å². The fourth-order valence-corrected chi connectivity index (χ4v) is 1.04. The van der Waals surface area contributed by atoms with Crippen LogP contribution in [0, 0.1) is 5.92 Å². The Morgan fingerprint density at radius 3 is 2.25 bits per heavy atom.